The highest BCUT2D eigenvalue weighted by Crippen LogP contribution is 2.32. The van der Waals surface area contributed by atoms with E-state index in [0.717, 1.165) is 12.1 Å². The predicted octanol–water partition coefficient (Wildman–Crippen LogP) is 2.57. The Labute approximate surface area is 122 Å². The normalized spacial score (nSPS) is 10.8. The topological polar surface area (TPSA) is 87.7 Å². The van der Waals surface area contributed by atoms with Crippen LogP contribution in [0.25, 0.3) is 11.0 Å². The summed E-state index contributed by atoms with van der Waals surface area (Å²) in [6, 6.07) is 8.61. The Balaban J connectivity index is 2.17. The molecule has 3 aromatic rings. The van der Waals surface area contributed by atoms with E-state index in [1.807, 2.05) is 0 Å². The molecule has 0 spiro atoms. The van der Waals surface area contributed by atoms with Crippen molar-refractivity contribution in [2.45, 2.75) is 0 Å². The summed E-state index contributed by atoms with van der Waals surface area (Å²) in [6.45, 7) is 0. The van der Waals surface area contributed by atoms with Crippen molar-refractivity contribution >= 4 is 16.8 Å². The van der Waals surface area contributed by atoms with Crippen LogP contribution >= 0.6 is 0 Å². The molecule has 5 nitrogen and oxygen atoms in total. The van der Waals surface area contributed by atoms with Crippen LogP contribution in [-0.2, 0) is 0 Å². The number of halogens is 1. The number of hydrogen-bond acceptors (Lipinski definition) is 5. The molecule has 110 valence electrons. The van der Waals surface area contributed by atoms with Crippen LogP contribution in [0.2, 0.25) is 0 Å². The van der Waals surface area contributed by atoms with Crippen molar-refractivity contribution < 1.29 is 23.8 Å². The molecule has 0 unspecified atom stereocenters. The molecule has 0 fully saturated rings. The molecule has 0 saturated carbocycles. The first-order chi connectivity index (χ1) is 10.5. The number of ketones is 1. The maximum atomic E-state index is 12.9. The molecule has 2 aromatic carbocycles. The summed E-state index contributed by atoms with van der Waals surface area (Å²) in [6.07, 6.45) is 0. The van der Waals surface area contributed by atoms with E-state index < -0.39 is 28.7 Å². The quantitative estimate of drug-likeness (QED) is 0.431. The number of phenols is 2. The van der Waals surface area contributed by atoms with Gasteiger partial charge in [-0.3, -0.25) is 4.79 Å². The first-order valence-electron chi connectivity index (χ1n) is 6.26. The van der Waals surface area contributed by atoms with Crippen LogP contribution < -0.4 is 5.63 Å². The third-order valence-electron chi connectivity index (χ3n) is 3.21. The number of hydrogen-bond donors (Lipinski definition) is 2. The Morgan fingerprint density at radius 3 is 2.41 bits per heavy atom. The highest BCUT2D eigenvalue weighted by molar-refractivity contribution is 6.10. The molecular weight excluding hydrogens is 291 g/mol. The molecule has 0 amide bonds. The molecule has 0 aliphatic heterocycles. The number of rotatable bonds is 2. The summed E-state index contributed by atoms with van der Waals surface area (Å²) in [5.74, 6) is -2.13. The number of fused-ring (bicyclic) bond motifs is 1. The SMILES string of the molecule is O=C(c1ccc(F)cc1)c1cc2ccc(O)c(O)c2oc1=O. The lowest BCUT2D eigenvalue weighted by molar-refractivity contribution is 0.103. The van der Waals surface area contributed by atoms with Crippen LogP contribution in [0.4, 0.5) is 4.39 Å². The summed E-state index contributed by atoms with van der Waals surface area (Å²) in [5, 5.41) is 19.3. The predicted molar refractivity (Wildman–Crippen MR) is 75.6 cm³/mol. The summed E-state index contributed by atoms with van der Waals surface area (Å²) in [7, 11) is 0. The monoisotopic (exact) mass is 300 g/mol. The molecule has 0 radical (unpaired) electrons. The molecule has 1 heterocycles. The maximum Gasteiger partial charge on any atom is 0.347 e. The fourth-order valence-electron chi connectivity index (χ4n) is 2.07. The highest BCUT2D eigenvalue weighted by Gasteiger charge is 2.18. The first kappa shape index (κ1) is 13.8. The Bertz CT molecular complexity index is 941. The van der Waals surface area contributed by atoms with E-state index in [1.54, 1.807) is 0 Å². The lowest BCUT2D eigenvalue weighted by Crippen LogP contribution is -2.14. The number of carbonyl (C=O) groups is 1. The number of aromatic hydroxyl groups is 2. The Kier molecular flexibility index (Phi) is 3.14. The number of carbonyl (C=O) groups excluding carboxylic acids is 1. The van der Waals surface area contributed by atoms with E-state index >= 15 is 0 Å². The van der Waals surface area contributed by atoms with Crippen molar-refractivity contribution in [2.75, 3.05) is 0 Å². The fraction of sp³-hybridized carbons (Fsp3) is 0. The fourth-order valence-corrected chi connectivity index (χ4v) is 2.07. The molecule has 0 atom stereocenters. The zero-order valence-corrected chi connectivity index (χ0v) is 11.0. The van der Waals surface area contributed by atoms with E-state index in [2.05, 4.69) is 0 Å². The molecule has 3 rings (SSSR count). The molecule has 0 saturated heterocycles. The van der Waals surface area contributed by atoms with Crippen LogP contribution in [0.5, 0.6) is 11.5 Å². The third kappa shape index (κ3) is 2.20. The molecule has 1 aromatic heterocycles. The van der Waals surface area contributed by atoms with E-state index in [1.165, 1.54) is 30.3 Å². The zero-order chi connectivity index (χ0) is 15.9. The molecule has 0 aliphatic rings. The Hall–Kier alpha value is -3.15. The van der Waals surface area contributed by atoms with E-state index in [-0.39, 0.29) is 22.1 Å². The van der Waals surface area contributed by atoms with Crippen LogP contribution in [0, 0.1) is 5.82 Å². The van der Waals surface area contributed by atoms with Crippen molar-refractivity contribution in [1.29, 1.82) is 0 Å². The molecule has 6 heteroatoms. The van der Waals surface area contributed by atoms with Crippen molar-refractivity contribution in [3.8, 4) is 11.5 Å². The van der Waals surface area contributed by atoms with Gasteiger partial charge in [0.2, 0.25) is 5.75 Å². The summed E-state index contributed by atoms with van der Waals surface area (Å²) in [4.78, 5) is 24.2. The minimum Gasteiger partial charge on any atom is -0.504 e. The van der Waals surface area contributed by atoms with E-state index in [0.29, 0.717) is 0 Å². The van der Waals surface area contributed by atoms with Gasteiger partial charge in [-0.15, -0.1) is 0 Å². The van der Waals surface area contributed by atoms with Crippen LogP contribution in [0.3, 0.4) is 0 Å². The van der Waals surface area contributed by atoms with Crippen molar-refractivity contribution in [3.63, 3.8) is 0 Å². The molecule has 0 bridgehead atoms. The lowest BCUT2D eigenvalue weighted by atomic mass is 10.0. The van der Waals surface area contributed by atoms with E-state index in [9.17, 15) is 24.2 Å². The largest absolute Gasteiger partial charge is 0.504 e. The van der Waals surface area contributed by atoms with Crippen LogP contribution in [0.1, 0.15) is 15.9 Å². The second-order valence-electron chi connectivity index (χ2n) is 4.64. The second kappa shape index (κ2) is 5.00. The smallest absolute Gasteiger partial charge is 0.347 e. The second-order valence-corrected chi connectivity index (χ2v) is 4.64. The van der Waals surface area contributed by atoms with Crippen molar-refractivity contribution in [1.82, 2.24) is 0 Å². The zero-order valence-electron chi connectivity index (χ0n) is 11.0. The van der Waals surface area contributed by atoms with Gasteiger partial charge in [0.1, 0.15) is 11.4 Å². The van der Waals surface area contributed by atoms with Crippen molar-refractivity contribution in [2.24, 2.45) is 0 Å². The number of phenolic OH excluding ortho intramolecular Hbond substituents is 2. The van der Waals surface area contributed by atoms with Gasteiger partial charge in [0.05, 0.1) is 0 Å². The van der Waals surface area contributed by atoms with Crippen LogP contribution in [0.15, 0.2) is 51.7 Å². The first-order valence-corrected chi connectivity index (χ1v) is 6.26. The molecular formula is C16H9FO5. The highest BCUT2D eigenvalue weighted by atomic mass is 19.1. The van der Waals surface area contributed by atoms with Gasteiger partial charge in [-0.05, 0) is 42.5 Å². The van der Waals surface area contributed by atoms with Gasteiger partial charge in [0.15, 0.2) is 17.1 Å². The van der Waals surface area contributed by atoms with Crippen molar-refractivity contribution in [3.05, 3.63) is 69.8 Å². The van der Waals surface area contributed by atoms with Gasteiger partial charge in [-0.2, -0.15) is 0 Å². The average Bonchev–Trinajstić information content (AvgIpc) is 2.51. The van der Waals surface area contributed by atoms with Gasteiger partial charge in [0.25, 0.3) is 0 Å². The average molecular weight is 300 g/mol. The van der Waals surface area contributed by atoms with Gasteiger partial charge < -0.3 is 14.6 Å². The third-order valence-corrected chi connectivity index (χ3v) is 3.21. The maximum absolute atomic E-state index is 12.9. The summed E-state index contributed by atoms with van der Waals surface area (Å²) in [5.41, 5.74) is -1.27. The molecule has 0 aliphatic carbocycles. The van der Waals surface area contributed by atoms with Crippen LogP contribution in [-0.4, -0.2) is 16.0 Å². The molecule has 22 heavy (non-hydrogen) atoms. The minimum atomic E-state index is -0.956. The Morgan fingerprint density at radius 2 is 1.73 bits per heavy atom. The van der Waals surface area contributed by atoms with Gasteiger partial charge in [-0.1, -0.05) is 0 Å². The number of benzene rings is 2. The summed E-state index contributed by atoms with van der Waals surface area (Å²) >= 11 is 0. The summed E-state index contributed by atoms with van der Waals surface area (Å²) < 4.78 is 17.8. The minimum absolute atomic E-state index is 0.135. The lowest BCUT2D eigenvalue weighted by Gasteiger charge is -2.04. The van der Waals surface area contributed by atoms with Gasteiger partial charge >= 0.3 is 5.63 Å². The van der Waals surface area contributed by atoms with E-state index in [4.69, 9.17) is 4.42 Å². The Morgan fingerprint density at radius 1 is 1.05 bits per heavy atom. The van der Waals surface area contributed by atoms with Gasteiger partial charge in [-0.25, -0.2) is 9.18 Å². The molecule has 2 N–H and O–H groups in total. The standard InChI is InChI=1S/C16H9FO5/c17-10-4-1-8(2-5-10)13(19)11-7-9-3-6-12(18)14(20)15(9)22-16(11)21/h1-7,18,20H. The van der Waals surface area contributed by atoms with Gasteiger partial charge in [0, 0.05) is 10.9 Å².